The van der Waals surface area contributed by atoms with E-state index >= 15 is 0 Å². The van der Waals surface area contributed by atoms with E-state index in [0.29, 0.717) is 24.7 Å². The van der Waals surface area contributed by atoms with Crippen molar-refractivity contribution in [2.45, 2.75) is 19.8 Å². The summed E-state index contributed by atoms with van der Waals surface area (Å²) in [5, 5.41) is 0. The van der Waals surface area contributed by atoms with Gasteiger partial charge in [-0.15, -0.1) is 0 Å². The molecule has 1 fully saturated rings. The molecular weight excluding hydrogens is 307 g/mol. The first-order chi connectivity index (χ1) is 10.3. The summed E-state index contributed by atoms with van der Waals surface area (Å²) in [6, 6.07) is 5.09. The Morgan fingerprint density at radius 3 is 2.55 bits per heavy atom. The first-order valence-corrected chi connectivity index (χ1v) is 9.13. The molecule has 22 heavy (non-hydrogen) atoms. The van der Waals surface area contributed by atoms with E-state index in [2.05, 4.69) is 6.92 Å². The van der Waals surface area contributed by atoms with E-state index in [1.807, 2.05) is 0 Å². The Bertz CT molecular complexity index is 631. The van der Waals surface area contributed by atoms with Crippen LogP contribution >= 0.6 is 0 Å². The highest BCUT2D eigenvalue weighted by molar-refractivity contribution is 7.92. The van der Waals surface area contributed by atoms with Crippen molar-refractivity contribution in [3.63, 3.8) is 0 Å². The zero-order chi connectivity index (χ0) is 16.3. The molecule has 5 nitrogen and oxygen atoms in total. The van der Waals surface area contributed by atoms with Gasteiger partial charge in [-0.25, -0.2) is 12.8 Å². The van der Waals surface area contributed by atoms with Gasteiger partial charge in [0.1, 0.15) is 12.4 Å². The number of benzene rings is 1. The third kappa shape index (κ3) is 4.19. The molecule has 0 spiro atoms. The predicted octanol–water partition coefficient (Wildman–Crippen LogP) is 1.85. The van der Waals surface area contributed by atoms with Gasteiger partial charge in [0.15, 0.2) is 0 Å². The molecule has 1 aliphatic rings. The average Bonchev–Trinajstić information content (AvgIpc) is 2.44. The minimum Gasteiger partial charge on any atom is -0.341 e. The molecular formula is C15H21FN2O3S. The lowest BCUT2D eigenvalue weighted by Gasteiger charge is -2.33. The maximum absolute atomic E-state index is 13.0. The second kappa shape index (κ2) is 6.64. The molecule has 0 N–H and O–H groups in total. The number of hydrogen-bond donors (Lipinski definition) is 0. The van der Waals surface area contributed by atoms with Crippen LogP contribution in [0.5, 0.6) is 0 Å². The van der Waals surface area contributed by atoms with Gasteiger partial charge < -0.3 is 4.90 Å². The summed E-state index contributed by atoms with van der Waals surface area (Å²) in [6.07, 6.45) is 3.06. The molecule has 122 valence electrons. The van der Waals surface area contributed by atoms with Crippen molar-refractivity contribution in [2.75, 3.05) is 30.2 Å². The number of rotatable bonds is 4. The first-order valence-electron chi connectivity index (χ1n) is 7.28. The molecule has 0 aromatic heterocycles. The van der Waals surface area contributed by atoms with Gasteiger partial charge in [-0.1, -0.05) is 6.92 Å². The maximum Gasteiger partial charge on any atom is 0.243 e. The topological polar surface area (TPSA) is 57.7 Å². The smallest absolute Gasteiger partial charge is 0.243 e. The van der Waals surface area contributed by atoms with Crippen LogP contribution in [0, 0.1) is 11.7 Å². The standard InChI is InChI=1S/C15H21FN2O3S/c1-12-4-3-9-17(10-12)15(19)11-18(22(2,20)21)14-7-5-13(16)6-8-14/h5-8,12H,3-4,9-11H2,1-2H3/t12-/m1/s1. The third-order valence-corrected chi connectivity index (χ3v) is 4.94. The van der Waals surface area contributed by atoms with E-state index in [-0.39, 0.29) is 12.5 Å². The molecule has 0 radical (unpaired) electrons. The van der Waals surface area contributed by atoms with E-state index in [1.54, 1.807) is 4.90 Å². The Morgan fingerprint density at radius 1 is 1.36 bits per heavy atom. The number of nitrogens with zero attached hydrogens (tertiary/aromatic N) is 2. The lowest BCUT2D eigenvalue weighted by Crippen LogP contribution is -2.46. The number of likely N-dealkylation sites (tertiary alicyclic amines) is 1. The Labute approximate surface area is 130 Å². The van der Waals surface area contributed by atoms with Gasteiger partial charge in [-0.2, -0.15) is 0 Å². The Hall–Kier alpha value is -1.63. The number of carbonyl (C=O) groups is 1. The lowest BCUT2D eigenvalue weighted by atomic mass is 10.0. The van der Waals surface area contributed by atoms with E-state index in [0.717, 1.165) is 23.4 Å². The van der Waals surface area contributed by atoms with Gasteiger partial charge in [0.25, 0.3) is 0 Å². The molecule has 0 saturated carbocycles. The summed E-state index contributed by atoms with van der Waals surface area (Å²) < 4.78 is 37.9. The Morgan fingerprint density at radius 2 is 2.00 bits per heavy atom. The van der Waals surface area contributed by atoms with Crippen molar-refractivity contribution in [3.8, 4) is 0 Å². The SMILES string of the molecule is C[C@@H]1CCCN(C(=O)CN(c2ccc(F)cc2)S(C)(=O)=O)C1. The average molecular weight is 328 g/mol. The Kier molecular flexibility index (Phi) is 5.05. The van der Waals surface area contributed by atoms with Crippen LogP contribution in [-0.4, -0.2) is 45.1 Å². The van der Waals surface area contributed by atoms with Crippen LogP contribution in [0.2, 0.25) is 0 Å². The molecule has 7 heteroatoms. The number of piperidine rings is 1. The molecule has 0 unspecified atom stereocenters. The zero-order valence-corrected chi connectivity index (χ0v) is 13.6. The van der Waals surface area contributed by atoms with Gasteiger partial charge >= 0.3 is 0 Å². The van der Waals surface area contributed by atoms with Crippen molar-refractivity contribution in [2.24, 2.45) is 5.92 Å². The van der Waals surface area contributed by atoms with Gasteiger partial charge in [0.2, 0.25) is 15.9 Å². The second-order valence-electron chi connectivity index (χ2n) is 5.83. The van der Waals surface area contributed by atoms with Crippen LogP contribution in [0.3, 0.4) is 0 Å². The Balaban J connectivity index is 2.17. The second-order valence-corrected chi connectivity index (χ2v) is 7.74. The van der Waals surface area contributed by atoms with Crippen LogP contribution < -0.4 is 4.31 Å². The minimum atomic E-state index is -3.61. The summed E-state index contributed by atoms with van der Waals surface area (Å²) in [7, 11) is -3.61. The highest BCUT2D eigenvalue weighted by atomic mass is 32.2. The highest BCUT2D eigenvalue weighted by Crippen LogP contribution is 2.20. The number of anilines is 1. The van der Waals surface area contributed by atoms with Crippen molar-refractivity contribution in [1.29, 1.82) is 0 Å². The van der Waals surface area contributed by atoms with Crippen molar-refractivity contribution >= 4 is 21.6 Å². The van der Waals surface area contributed by atoms with Crippen LogP contribution in [0.1, 0.15) is 19.8 Å². The van der Waals surface area contributed by atoms with E-state index < -0.39 is 15.8 Å². The molecule has 1 aromatic rings. The summed E-state index contributed by atoms with van der Waals surface area (Å²) in [4.78, 5) is 14.1. The third-order valence-electron chi connectivity index (χ3n) is 3.80. The summed E-state index contributed by atoms with van der Waals surface area (Å²) in [6.45, 7) is 3.13. The fourth-order valence-corrected chi connectivity index (χ4v) is 3.50. The van der Waals surface area contributed by atoms with Gasteiger partial charge in [-0.3, -0.25) is 9.10 Å². The van der Waals surface area contributed by atoms with E-state index in [9.17, 15) is 17.6 Å². The maximum atomic E-state index is 13.0. The number of carbonyl (C=O) groups excluding carboxylic acids is 1. The number of sulfonamides is 1. The quantitative estimate of drug-likeness (QED) is 0.847. The monoisotopic (exact) mass is 328 g/mol. The van der Waals surface area contributed by atoms with E-state index in [1.165, 1.54) is 24.3 Å². The van der Waals surface area contributed by atoms with Crippen LogP contribution in [0.4, 0.5) is 10.1 Å². The van der Waals surface area contributed by atoms with Crippen molar-refractivity contribution in [3.05, 3.63) is 30.1 Å². The molecule has 1 atom stereocenters. The lowest BCUT2D eigenvalue weighted by molar-refractivity contribution is -0.131. The molecule has 1 aliphatic heterocycles. The minimum absolute atomic E-state index is 0.221. The van der Waals surface area contributed by atoms with Crippen LogP contribution in [0.15, 0.2) is 24.3 Å². The number of halogens is 1. The number of amides is 1. The van der Waals surface area contributed by atoms with Crippen LogP contribution in [0.25, 0.3) is 0 Å². The largest absolute Gasteiger partial charge is 0.341 e. The van der Waals surface area contributed by atoms with Crippen LogP contribution in [-0.2, 0) is 14.8 Å². The fraction of sp³-hybridized carbons (Fsp3) is 0.533. The summed E-state index contributed by atoms with van der Waals surface area (Å²) in [5.74, 6) is -0.245. The summed E-state index contributed by atoms with van der Waals surface area (Å²) >= 11 is 0. The number of hydrogen-bond acceptors (Lipinski definition) is 3. The fourth-order valence-electron chi connectivity index (χ4n) is 2.65. The summed E-state index contributed by atoms with van der Waals surface area (Å²) in [5.41, 5.74) is 0.294. The highest BCUT2D eigenvalue weighted by Gasteiger charge is 2.26. The first kappa shape index (κ1) is 16.7. The molecule has 1 heterocycles. The van der Waals surface area contributed by atoms with Crippen molar-refractivity contribution < 1.29 is 17.6 Å². The molecule has 1 amide bonds. The molecule has 0 aliphatic carbocycles. The molecule has 2 rings (SSSR count). The molecule has 1 saturated heterocycles. The van der Waals surface area contributed by atoms with Crippen molar-refractivity contribution in [1.82, 2.24) is 4.90 Å². The van der Waals surface area contributed by atoms with E-state index in [4.69, 9.17) is 0 Å². The predicted molar refractivity (Wildman–Crippen MR) is 83.6 cm³/mol. The van der Waals surface area contributed by atoms with Gasteiger partial charge in [-0.05, 0) is 43.0 Å². The van der Waals surface area contributed by atoms with Gasteiger partial charge in [0, 0.05) is 13.1 Å². The molecule has 0 bridgehead atoms. The molecule has 1 aromatic carbocycles. The normalized spacial score (nSPS) is 19.0. The zero-order valence-electron chi connectivity index (χ0n) is 12.8. The van der Waals surface area contributed by atoms with Gasteiger partial charge in [0.05, 0.1) is 11.9 Å².